The lowest BCUT2D eigenvalue weighted by Gasteiger charge is -2.22. The van der Waals surface area contributed by atoms with Crippen LogP contribution in [-0.2, 0) is 25.8 Å². The number of carbonyl (C=O) groups excluding carboxylic acids is 2. The summed E-state index contributed by atoms with van der Waals surface area (Å²) in [5.74, 6) is -4.06. The molecule has 0 saturated carbocycles. The second-order valence-corrected chi connectivity index (χ2v) is 5.10. The first-order chi connectivity index (χ1) is 10.8. The van der Waals surface area contributed by atoms with Crippen molar-refractivity contribution in [2.45, 2.75) is 13.0 Å². The van der Waals surface area contributed by atoms with Gasteiger partial charge in [-0.25, -0.2) is 14.2 Å². The molecule has 7 nitrogen and oxygen atoms in total. The molecule has 23 heavy (non-hydrogen) atoms. The second kappa shape index (κ2) is 8.96. The Balaban J connectivity index is 2.74. The highest BCUT2D eigenvalue weighted by Crippen LogP contribution is 2.09. The van der Waals surface area contributed by atoms with Gasteiger partial charge in [0.1, 0.15) is 5.82 Å². The van der Waals surface area contributed by atoms with Gasteiger partial charge in [-0.15, -0.1) is 0 Å². The van der Waals surface area contributed by atoms with Gasteiger partial charge in [0, 0.05) is 6.54 Å². The molecule has 0 unspecified atom stereocenters. The van der Waals surface area contributed by atoms with Gasteiger partial charge >= 0.3 is 5.97 Å². The molecule has 0 saturated heterocycles. The molecule has 1 aromatic carbocycles. The van der Waals surface area contributed by atoms with Crippen LogP contribution in [0.1, 0.15) is 12.0 Å². The Bertz CT molecular complexity index is 559. The van der Waals surface area contributed by atoms with E-state index >= 15 is 0 Å². The number of Topliss-reactive ketones (excluding diaryl/α,β-unsaturated/α-hetero) is 1. The maximum absolute atomic E-state index is 12.9. The van der Waals surface area contributed by atoms with E-state index in [1.165, 1.54) is 24.3 Å². The molecule has 0 fully saturated rings. The first-order valence-electron chi connectivity index (χ1n) is 6.88. The summed E-state index contributed by atoms with van der Waals surface area (Å²) < 4.78 is 12.9. The monoisotopic (exact) mass is 326 g/mol. The maximum Gasteiger partial charge on any atom is 0.372 e. The molecular weight excluding hydrogens is 307 g/mol. The average Bonchev–Trinajstić information content (AvgIpc) is 2.47. The van der Waals surface area contributed by atoms with E-state index in [2.05, 4.69) is 0 Å². The van der Waals surface area contributed by atoms with Crippen molar-refractivity contribution in [3.63, 3.8) is 0 Å². The highest BCUT2D eigenvalue weighted by molar-refractivity contribution is 6.36. The Morgan fingerprint density at radius 3 is 2.30 bits per heavy atom. The van der Waals surface area contributed by atoms with Crippen molar-refractivity contribution in [2.24, 2.45) is 0 Å². The molecule has 0 bridgehead atoms. The summed E-state index contributed by atoms with van der Waals surface area (Å²) in [6, 6.07) is 5.42. The fourth-order valence-electron chi connectivity index (χ4n) is 1.60. The van der Waals surface area contributed by atoms with E-state index in [0.29, 0.717) is 12.1 Å². The number of carboxylic acid groups (broad SMARTS) is 1. The lowest BCUT2D eigenvalue weighted by atomic mass is 10.2. The number of carbonyl (C=O) groups is 3. The van der Waals surface area contributed by atoms with E-state index < -0.39 is 29.9 Å². The predicted octanol–water partition coefficient (Wildman–Crippen LogP) is 0.691. The van der Waals surface area contributed by atoms with Crippen LogP contribution in [0.5, 0.6) is 0 Å². The quantitative estimate of drug-likeness (QED) is 0.408. The zero-order chi connectivity index (χ0) is 17.4. The standard InChI is InChI=1S/C15H19FN2O5/c1-17(2)7-8-23-18(14(20)9-13(19)15(21)22)10-11-3-5-12(16)6-4-11/h3-6H,7-10H2,1-2H3,(H,21,22). The Kier molecular flexibility index (Phi) is 7.30. The molecule has 0 aliphatic rings. The molecular formula is C15H19FN2O5. The largest absolute Gasteiger partial charge is 0.475 e. The van der Waals surface area contributed by atoms with Crippen molar-refractivity contribution >= 4 is 17.7 Å². The number of hydrogen-bond acceptors (Lipinski definition) is 5. The fourth-order valence-corrected chi connectivity index (χ4v) is 1.60. The first kappa shape index (κ1) is 18.7. The molecule has 1 amide bonds. The third-order valence-electron chi connectivity index (χ3n) is 2.85. The fraction of sp³-hybridized carbons (Fsp3) is 0.400. The minimum Gasteiger partial charge on any atom is -0.475 e. The number of aliphatic carboxylic acids is 1. The number of rotatable bonds is 9. The van der Waals surface area contributed by atoms with Crippen LogP contribution in [0.4, 0.5) is 4.39 Å². The third kappa shape index (κ3) is 6.98. The number of ketones is 1. The topological polar surface area (TPSA) is 87.2 Å². The van der Waals surface area contributed by atoms with Crippen LogP contribution in [0.3, 0.4) is 0 Å². The number of nitrogens with zero attached hydrogens (tertiary/aromatic N) is 2. The van der Waals surface area contributed by atoms with Gasteiger partial charge in [0.05, 0.1) is 19.6 Å². The number of hydroxylamine groups is 2. The van der Waals surface area contributed by atoms with E-state index in [-0.39, 0.29) is 13.2 Å². The molecule has 0 aromatic heterocycles. The molecule has 0 spiro atoms. The lowest BCUT2D eigenvalue weighted by molar-refractivity contribution is -0.191. The number of amides is 1. The van der Waals surface area contributed by atoms with Crippen LogP contribution >= 0.6 is 0 Å². The number of carboxylic acids is 1. The smallest absolute Gasteiger partial charge is 0.372 e. The minimum atomic E-state index is -1.67. The Morgan fingerprint density at radius 2 is 1.78 bits per heavy atom. The number of likely N-dealkylation sites (N-methyl/N-ethyl adjacent to an activating group) is 1. The van der Waals surface area contributed by atoms with Crippen LogP contribution < -0.4 is 0 Å². The number of halogens is 1. The zero-order valence-electron chi connectivity index (χ0n) is 13.0. The lowest BCUT2D eigenvalue weighted by Crippen LogP contribution is -2.35. The van der Waals surface area contributed by atoms with Crippen molar-refractivity contribution in [1.82, 2.24) is 9.96 Å². The van der Waals surface area contributed by atoms with E-state index in [1.807, 2.05) is 19.0 Å². The molecule has 1 N–H and O–H groups in total. The molecule has 0 heterocycles. The molecule has 0 radical (unpaired) electrons. The van der Waals surface area contributed by atoms with Crippen LogP contribution in [0, 0.1) is 5.82 Å². The van der Waals surface area contributed by atoms with Gasteiger partial charge in [-0.05, 0) is 31.8 Å². The highest BCUT2D eigenvalue weighted by Gasteiger charge is 2.22. The third-order valence-corrected chi connectivity index (χ3v) is 2.85. The maximum atomic E-state index is 12.9. The zero-order valence-corrected chi connectivity index (χ0v) is 13.0. The summed E-state index contributed by atoms with van der Waals surface area (Å²) >= 11 is 0. The van der Waals surface area contributed by atoms with Crippen LogP contribution in [0.15, 0.2) is 24.3 Å². The van der Waals surface area contributed by atoms with Gasteiger partial charge in [-0.1, -0.05) is 12.1 Å². The number of benzene rings is 1. The van der Waals surface area contributed by atoms with Gasteiger partial charge in [0.2, 0.25) is 5.78 Å². The van der Waals surface area contributed by atoms with E-state index in [1.54, 1.807) is 0 Å². The van der Waals surface area contributed by atoms with Crippen molar-refractivity contribution < 1.29 is 28.7 Å². The summed E-state index contributed by atoms with van der Waals surface area (Å²) in [7, 11) is 3.65. The van der Waals surface area contributed by atoms with Crippen LogP contribution in [-0.4, -0.2) is 60.0 Å². The number of hydrogen-bond donors (Lipinski definition) is 1. The van der Waals surface area contributed by atoms with Gasteiger partial charge < -0.3 is 10.0 Å². The SMILES string of the molecule is CN(C)CCON(Cc1ccc(F)cc1)C(=O)CC(=O)C(=O)O. The van der Waals surface area contributed by atoms with E-state index in [4.69, 9.17) is 9.94 Å². The summed E-state index contributed by atoms with van der Waals surface area (Å²) in [4.78, 5) is 40.9. The summed E-state index contributed by atoms with van der Waals surface area (Å²) in [6.45, 7) is 0.695. The molecule has 0 atom stereocenters. The first-order valence-corrected chi connectivity index (χ1v) is 6.88. The second-order valence-electron chi connectivity index (χ2n) is 5.10. The van der Waals surface area contributed by atoms with E-state index in [0.717, 1.165) is 5.06 Å². The summed E-state index contributed by atoms with van der Waals surface area (Å²) in [5.41, 5.74) is 0.590. The van der Waals surface area contributed by atoms with Crippen molar-refractivity contribution in [3.05, 3.63) is 35.6 Å². The average molecular weight is 326 g/mol. The highest BCUT2D eigenvalue weighted by atomic mass is 19.1. The van der Waals surface area contributed by atoms with Crippen molar-refractivity contribution in [2.75, 3.05) is 27.2 Å². The van der Waals surface area contributed by atoms with Crippen molar-refractivity contribution in [3.8, 4) is 0 Å². The predicted molar refractivity (Wildman–Crippen MR) is 78.7 cm³/mol. The van der Waals surface area contributed by atoms with Gasteiger partial charge in [-0.2, -0.15) is 0 Å². The Morgan fingerprint density at radius 1 is 1.17 bits per heavy atom. The molecule has 8 heteroatoms. The van der Waals surface area contributed by atoms with Gasteiger partial charge in [-0.3, -0.25) is 14.4 Å². The van der Waals surface area contributed by atoms with Crippen LogP contribution in [0.2, 0.25) is 0 Å². The molecule has 1 aromatic rings. The van der Waals surface area contributed by atoms with Crippen LogP contribution in [0.25, 0.3) is 0 Å². The van der Waals surface area contributed by atoms with Gasteiger partial charge in [0.25, 0.3) is 5.91 Å². The summed E-state index contributed by atoms with van der Waals surface area (Å²) in [6.07, 6.45) is -0.793. The normalized spacial score (nSPS) is 10.6. The molecule has 0 aliphatic carbocycles. The Hall–Kier alpha value is -2.32. The minimum absolute atomic E-state index is 0.0144. The van der Waals surface area contributed by atoms with Gasteiger partial charge in [0.15, 0.2) is 0 Å². The van der Waals surface area contributed by atoms with E-state index in [9.17, 15) is 18.8 Å². The molecule has 126 valence electrons. The molecule has 1 rings (SSSR count). The van der Waals surface area contributed by atoms with Crippen molar-refractivity contribution in [1.29, 1.82) is 0 Å². The summed E-state index contributed by atoms with van der Waals surface area (Å²) in [5, 5.41) is 9.50. The Labute approximate surface area is 133 Å². The molecule has 0 aliphatic heterocycles.